The van der Waals surface area contributed by atoms with Crippen molar-refractivity contribution in [3.8, 4) is 0 Å². The van der Waals surface area contributed by atoms with Gasteiger partial charge in [0.2, 0.25) is 5.76 Å². The minimum Gasteiger partial charge on any atom is -0.475 e. The number of nitrogens with zero attached hydrogens (tertiary/aromatic N) is 1. The van der Waals surface area contributed by atoms with E-state index in [0.717, 1.165) is 31.7 Å². The predicted molar refractivity (Wildman–Crippen MR) is 65.5 cm³/mol. The summed E-state index contributed by atoms with van der Waals surface area (Å²) < 4.78 is 10.2. The van der Waals surface area contributed by atoms with Crippen molar-refractivity contribution in [2.75, 3.05) is 26.8 Å². The van der Waals surface area contributed by atoms with Crippen LogP contribution in [0.15, 0.2) is 16.7 Å². The molecule has 1 fully saturated rings. The molecule has 0 amide bonds. The zero-order valence-corrected chi connectivity index (χ0v) is 10.6. The van der Waals surface area contributed by atoms with Crippen LogP contribution in [0.2, 0.25) is 0 Å². The topological polar surface area (TPSA) is 62.9 Å². The number of hydrogen-bond donors (Lipinski definition) is 1. The lowest BCUT2D eigenvalue weighted by molar-refractivity contribution is 0.0653. The summed E-state index contributed by atoms with van der Waals surface area (Å²) >= 11 is 0. The molecule has 0 radical (unpaired) electrons. The SMILES string of the molecule is COCC1CCCN(Cc2ccoc2C(=O)O)C1. The van der Waals surface area contributed by atoms with Crippen LogP contribution in [0, 0.1) is 5.92 Å². The lowest BCUT2D eigenvalue weighted by atomic mass is 9.98. The Hall–Kier alpha value is -1.33. The second-order valence-electron chi connectivity index (χ2n) is 4.78. The van der Waals surface area contributed by atoms with Crippen LogP contribution in [0.5, 0.6) is 0 Å². The predicted octanol–water partition coefficient (Wildman–Crippen LogP) is 1.84. The van der Waals surface area contributed by atoms with Crippen molar-refractivity contribution in [1.82, 2.24) is 4.90 Å². The third-order valence-electron chi connectivity index (χ3n) is 3.34. The fraction of sp³-hybridized carbons (Fsp3) is 0.615. The van der Waals surface area contributed by atoms with Crippen LogP contribution in [0.25, 0.3) is 0 Å². The van der Waals surface area contributed by atoms with Crippen LogP contribution in [-0.2, 0) is 11.3 Å². The van der Waals surface area contributed by atoms with Crippen LogP contribution in [-0.4, -0.2) is 42.8 Å². The van der Waals surface area contributed by atoms with Crippen LogP contribution in [0.1, 0.15) is 29.0 Å². The van der Waals surface area contributed by atoms with Gasteiger partial charge in [0, 0.05) is 25.8 Å². The summed E-state index contributed by atoms with van der Waals surface area (Å²) in [6.45, 7) is 3.37. The highest BCUT2D eigenvalue weighted by Gasteiger charge is 2.22. The van der Waals surface area contributed by atoms with Crippen LogP contribution in [0.3, 0.4) is 0 Å². The molecule has 2 rings (SSSR count). The van der Waals surface area contributed by atoms with E-state index in [1.54, 1.807) is 13.2 Å². The first kappa shape index (κ1) is 13.1. The van der Waals surface area contributed by atoms with Crippen LogP contribution < -0.4 is 0 Å². The molecule has 5 heteroatoms. The number of ether oxygens (including phenoxy) is 1. The number of piperidine rings is 1. The Kier molecular flexibility index (Phi) is 4.38. The van der Waals surface area contributed by atoms with E-state index in [1.807, 2.05) is 0 Å². The molecule has 18 heavy (non-hydrogen) atoms. The van der Waals surface area contributed by atoms with Crippen molar-refractivity contribution in [3.05, 3.63) is 23.7 Å². The van der Waals surface area contributed by atoms with E-state index < -0.39 is 5.97 Å². The highest BCUT2D eigenvalue weighted by atomic mass is 16.5. The Morgan fingerprint density at radius 1 is 1.67 bits per heavy atom. The van der Waals surface area contributed by atoms with Gasteiger partial charge in [-0.15, -0.1) is 0 Å². The molecule has 1 atom stereocenters. The number of carboxylic acid groups (broad SMARTS) is 1. The van der Waals surface area contributed by atoms with E-state index >= 15 is 0 Å². The number of carboxylic acids is 1. The maximum atomic E-state index is 11.0. The molecule has 1 aliphatic rings. The van der Waals surface area contributed by atoms with E-state index in [1.165, 1.54) is 12.7 Å². The van der Waals surface area contributed by atoms with Crippen LogP contribution in [0.4, 0.5) is 0 Å². The van der Waals surface area contributed by atoms with Gasteiger partial charge < -0.3 is 14.3 Å². The third kappa shape index (κ3) is 3.11. The van der Waals surface area contributed by atoms with Crippen molar-refractivity contribution in [2.45, 2.75) is 19.4 Å². The summed E-state index contributed by atoms with van der Waals surface area (Å²) in [7, 11) is 1.72. The number of methoxy groups -OCH3 is 1. The van der Waals surface area contributed by atoms with Gasteiger partial charge in [-0.2, -0.15) is 0 Å². The summed E-state index contributed by atoms with van der Waals surface area (Å²) in [4.78, 5) is 13.2. The lowest BCUT2D eigenvalue weighted by Crippen LogP contribution is -2.36. The maximum Gasteiger partial charge on any atom is 0.372 e. The first-order valence-corrected chi connectivity index (χ1v) is 6.21. The molecular weight excluding hydrogens is 234 g/mol. The van der Waals surface area contributed by atoms with Gasteiger partial charge in [-0.05, 0) is 31.4 Å². The highest BCUT2D eigenvalue weighted by Crippen LogP contribution is 2.20. The van der Waals surface area contributed by atoms with Crippen molar-refractivity contribution in [2.24, 2.45) is 5.92 Å². The standard InChI is InChI=1S/C13H19NO4/c1-17-9-10-3-2-5-14(7-10)8-11-4-6-18-12(11)13(15)16/h4,6,10H,2-3,5,7-9H2,1H3,(H,15,16). The monoisotopic (exact) mass is 253 g/mol. The average molecular weight is 253 g/mol. The van der Waals surface area contributed by atoms with E-state index in [9.17, 15) is 4.79 Å². The second-order valence-corrected chi connectivity index (χ2v) is 4.78. The largest absolute Gasteiger partial charge is 0.475 e. The van der Waals surface area contributed by atoms with Crippen LogP contribution >= 0.6 is 0 Å². The van der Waals surface area contributed by atoms with E-state index in [0.29, 0.717) is 12.5 Å². The fourth-order valence-corrected chi connectivity index (χ4v) is 2.56. The van der Waals surface area contributed by atoms with Gasteiger partial charge >= 0.3 is 5.97 Å². The normalized spacial score (nSPS) is 21.1. The molecule has 0 spiro atoms. The minimum atomic E-state index is -1.000. The summed E-state index contributed by atoms with van der Waals surface area (Å²) in [5, 5.41) is 8.99. The number of aromatic carboxylic acids is 1. The molecule has 5 nitrogen and oxygen atoms in total. The van der Waals surface area contributed by atoms with Gasteiger partial charge in [0.05, 0.1) is 12.9 Å². The number of furan rings is 1. The molecule has 1 aromatic heterocycles. The van der Waals surface area contributed by atoms with Gasteiger partial charge in [0.15, 0.2) is 0 Å². The summed E-state index contributed by atoms with van der Waals surface area (Å²) in [6.07, 6.45) is 3.76. The smallest absolute Gasteiger partial charge is 0.372 e. The second kappa shape index (κ2) is 6.02. The van der Waals surface area contributed by atoms with E-state index in [-0.39, 0.29) is 5.76 Å². The van der Waals surface area contributed by atoms with Gasteiger partial charge in [0.1, 0.15) is 0 Å². The van der Waals surface area contributed by atoms with Crippen molar-refractivity contribution in [3.63, 3.8) is 0 Å². The molecule has 0 aromatic carbocycles. The quantitative estimate of drug-likeness (QED) is 0.867. The lowest BCUT2D eigenvalue weighted by Gasteiger charge is -2.32. The number of likely N-dealkylation sites (tertiary alicyclic amines) is 1. The molecule has 1 aromatic rings. The Morgan fingerprint density at radius 3 is 3.22 bits per heavy atom. The van der Waals surface area contributed by atoms with Gasteiger partial charge in [-0.3, -0.25) is 4.90 Å². The molecule has 0 saturated carbocycles. The minimum absolute atomic E-state index is 0.0591. The Labute approximate surface area is 106 Å². The molecule has 1 aliphatic heterocycles. The molecule has 1 N–H and O–H groups in total. The van der Waals surface area contributed by atoms with Gasteiger partial charge in [0.25, 0.3) is 0 Å². The summed E-state index contributed by atoms with van der Waals surface area (Å²) in [6, 6.07) is 1.74. The molecule has 0 aliphatic carbocycles. The molecule has 100 valence electrons. The number of carbonyl (C=O) groups is 1. The zero-order chi connectivity index (χ0) is 13.0. The van der Waals surface area contributed by atoms with Crippen molar-refractivity contribution in [1.29, 1.82) is 0 Å². The van der Waals surface area contributed by atoms with Gasteiger partial charge in [-0.25, -0.2) is 4.79 Å². The fourth-order valence-electron chi connectivity index (χ4n) is 2.56. The summed E-state index contributed by atoms with van der Waals surface area (Å²) in [5.74, 6) is -0.395. The van der Waals surface area contributed by atoms with E-state index in [4.69, 9.17) is 14.3 Å². The Balaban J connectivity index is 1.96. The Morgan fingerprint density at radius 2 is 2.50 bits per heavy atom. The Bertz CT molecular complexity index is 399. The van der Waals surface area contributed by atoms with Crippen molar-refractivity contribution < 1.29 is 19.1 Å². The summed E-state index contributed by atoms with van der Waals surface area (Å²) in [5.41, 5.74) is 0.751. The molecule has 1 unspecified atom stereocenters. The third-order valence-corrected chi connectivity index (χ3v) is 3.34. The first-order chi connectivity index (χ1) is 8.70. The highest BCUT2D eigenvalue weighted by molar-refractivity contribution is 5.86. The molecule has 2 heterocycles. The number of rotatable bonds is 5. The maximum absolute atomic E-state index is 11.0. The zero-order valence-electron chi connectivity index (χ0n) is 10.6. The number of hydrogen-bond acceptors (Lipinski definition) is 4. The molecule has 0 bridgehead atoms. The molecular formula is C13H19NO4. The molecule has 1 saturated heterocycles. The van der Waals surface area contributed by atoms with Crippen molar-refractivity contribution >= 4 is 5.97 Å². The van der Waals surface area contributed by atoms with Gasteiger partial charge in [-0.1, -0.05) is 0 Å². The van der Waals surface area contributed by atoms with E-state index in [2.05, 4.69) is 4.90 Å². The average Bonchev–Trinajstić information content (AvgIpc) is 2.78. The first-order valence-electron chi connectivity index (χ1n) is 6.21.